The summed E-state index contributed by atoms with van der Waals surface area (Å²) in [7, 11) is 0. The summed E-state index contributed by atoms with van der Waals surface area (Å²) in [6.07, 6.45) is 14.5. The monoisotopic (exact) mass is 266 g/mol. The fourth-order valence-electron chi connectivity index (χ4n) is 2.41. The molecule has 1 unspecified atom stereocenters. The molecule has 0 bridgehead atoms. The molecule has 1 rings (SSSR count). The Balaban J connectivity index is 1.95. The first-order chi connectivity index (χ1) is 9.09. The lowest BCUT2D eigenvalue weighted by molar-refractivity contribution is -0.137. The smallest absolute Gasteiger partial charge is 0.303 e. The lowest BCUT2D eigenvalue weighted by atomic mass is 10.1. The minimum absolute atomic E-state index is 0.315. The Morgan fingerprint density at radius 1 is 1.26 bits per heavy atom. The summed E-state index contributed by atoms with van der Waals surface area (Å²) in [6, 6.07) is 0. The van der Waals surface area contributed by atoms with Gasteiger partial charge in [0.2, 0.25) is 0 Å². The number of carboxylic acid groups (broad SMARTS) is 1. The third-order valence-corrected chi connectivity index (χ3v) is 3.63. The highest BCUT2D eigenvalue weighted by Crippen LogP contribution is 2.45. The van der Waals surface area contributed by atoms with Crippen LogP contribution in [0, 0.1) is 11.8 Å². The fourth-order valence-corrected chi connectivity index (χ4v) is 2.41. The number of aliphatic carboxylic acids is 1. The minimum atomic E-state index is -0.678. The van der Waals surface area contributed by atoms with E-state index in [9.17, 15) is 4.79 Å². The number of aliphatic hydroxyl groups excluding tert-OH is 1. The van der Waals surface area contributed by atoms with Gasteiger partial charge in [-0.1, -0.05) is 37.1 Å². The minimum Gasteiger partial charge on any atom is -0.481 e. The van der Waals surface area contributed by atoms with Gasteiger partial charge >= 0.3 is 5.97 Å². The van der Waals surface area contributed by atoms with E-state index in [1.807, 2.05) is 12.2 Å². The van der Waals surface area contributed by atoms with Crippen molar-refractivity contribution >= 4 is 5.97 Å². The van der Waals surface area contributed by atoms with Crippen LogP contribution < -0.4 is 0 Å². The van der Waals surface area contributed by atoms with Gasteiger partial charge in [-0.25, -0.2) is 0 Å². The Morgan fingerprint density at radius 2 is 2.00 bits per heavy atom. The number of carbonyl (C=O) groups is 1. The molecule has 1 saturated carbocycles. The van der Waals surface area contributed by atoms with Crippen molar-refractivity contribution in [1.29, 1.82) is 0 Å². The van der Waals surface area contributed by atoms with Crippen molar-refractivity contribution in [2.75, 3.05) is 0 Å². The number of carboxylic acids is 1. The highest BCUT2D eigenvalue weighted by Gasteiger charge is 2.34. The second-order valence-electron chi connectivity index (χ2n) is 5.53. The molecule has 3 heteroatoms. The first-order valence-electron chi connectivity index (χ1n) is 7.32. The van der Waals surface area contributed by atoms with Gasteiger partial charge in [0.25, 0.3) is 0 Å². The van der Waals surface area contributed by atoms with Crippen molar-refractivity contribution in [3.8, 4) is 0 Å². The summed E-state index contributed by atoms with van der Waals surface area (Å²) < 4.78 is 0. The van der Waals surface area contributed by atoms with Crippen LogP contribution in [0.15, 0.2) is 24.3 Å². The van der Waals surface area contributed by atoms with Crippen molar-refractivity contribution in [3.63, 3.8) is 0 Å². The molecule has 2 N–H and O–H groups in total. The van der Waals surface area contributed by atoms with Crippen LogP contribution in [0.5, 0.6) is 0 Å². The topological polar surface area (TPSA) is 57.5 Å². The van der Waals surface area contributed by atoms with E-state index in [-0.39, 0.29) is 6.10 Å². The van der Waals surface area contributed by atoms with Crippen molar-refractivity contribution < 1.29 is 15.0 Å². The molecule has 0 aromatic rings. The molecule has 0 spiro atoms. The SMILES string of the molecule is CC(O)/C=C/C=C\CC[C@H]1C[C@H]1CCCCC(=O)O. The maximum atomic E-state index is 10.4. The Hall–Kier alpha value is -1.09. The number of hydrogen-bond donors (Lipinski definition) is 2. The largest absolute Gasteiger partial charge is 0.481 e. The predicted octanol–water partition coefficient (Wildman–Crippen LogP) is 3.54. The molecule has 108 valence electrons. The van der Waals surface area contributed by atoms with Crippen LogP contribution in [0.3, 0.4) is 0 Å². The van der Waals surface area contributed by atoms with Gasteiger partial charge in [-0.3, -0.25) is 4.79 Å². The van der Waals surface area contributed by atoms with E-state index >= 15 is 0 Å². The van der Waals surface area contributed by atoms with Crippen LogP contribution in [0.2, 0.25) is 0 Å². The van der Waals surface area contributed by atoms with Gasteiger partial charge in [-0.05, 0) is 44.4 Å². The quantitative estimate of drug-likeness (QED) is 0.469. The van der Waals surface area contributed by atoms with Crippen LogP contribution in [-0.2, 0) is 4.79 Å². The van der Waals surface area contributed by atoms with E-state index < -0.39 is 5.97 Å². The lowest BCUT2D eigenvalue weighted by Crippen LogP contribution is -1.94. The van der Waals surface area contributed by atoms with Crippen LogP contribution >= 0.6 is 0 Å². The highest BCUT2D eigenvalue weighted by molar-refractivity contribution is 5.66. The first kappa shape index (κ1) is 16.0. The van der Waals surface area contributed by atoms with E-state index in [0.717, 1.165) is 31.1 Å². The molecule has 3 atom stereocenters. The molecule has 0 saturated heterocycles. The maximum absolute atomic E-state index is 10.4. The summed E-state index contributed by atoms with van der Waals surface area (Å²) in [5.41, 5.74) is 0. The van der Waals surface area contributed by atoms with Crippen molar-refractivity contribution in [1.82, 2.24) is 0 Å². The summed E-state index contributed by atoms with van der Waals surface area (Å²) in [5, 5.41) is 17.6. The molecule has 1 aliphatic carbocycles. The molecule has 0 aromatic heterocycles. The number of hydrogen-bond acceptors (Lipinski definition) is 2. The Bertz CT molecular complexity index is 318. The third kappa shape index (κ3) is 8.60. The Labute approximate surface area is 116 Å². The highest BCUT2D eigenvalue weighted by atomic mass is 16.4. The zero-order valence-electron chi connectivity index (χ0n) is 11.8. The number of aliphatic hydroxyl groups is 1. The van der Waals surface area contributed by atoms with Crippen LogP contribution in [0.25, 0.3) is 0 Å². The Morgan fingerprint density at radius 3 is 2.68 bits per heavy atom. The molecule has 1 aliphatic rings. The molecule has 19 heavy (non-hydrogen) atoms. The van der Waals surface area contributed by atoms with Gasteiger partial charge in [-0.15, -0.1) is 0 Å². The number of rotatable bonds is 10. The molecule has 3 nitrogen and oxygen atoms in total. The maximum Gasteiger partial charge on any atom is 0.303 e. The summed E-state index contributed by atoms with van der Waals surface area (Å²) in [6.45, 7) is 1.74. The van der Waals surface area contributed by atoms with Gasteiger partial charge in [0.15, 0.2) is 0 Å². The van der Waals surface area contributed by atoms with Crippen LogP contribution in [0.4, 0.5) is 0 Å². The Kier molecular flexibility index (Phi) is 7.49. The van der Waals surface area contributed by atoms with Crippen LogP contribution in [-0.4, -0.2) is 22.3 Å². The zero-order valence-corrected chi connectivity index (χ0v) is 11.8. The summed E-state index contributed by atoms with van der Waals surface area (Å²) in [5.74, 6) is 1.02. The fraction of sp³-hybridized carbons (Fsp3) is 0.688. The first-order valence-corrected chi connectivity index (χ1v) is 7.32. The molecule has 0 aromatic carbocycles. The van der Waals surface area contributed by atoms with E-state index in [4.69, 9.17) is 10.2 Å². The second-order valence-corrected chi connectivity index (χ2v) is 5.53. The average molecular weight is 266 g/mol. The zero-order chi connectivity index (χ0) is 14.1. The van der Waals surface area contributed by atoms with E-state index in [0.29, 0.717) is 6.42 Å². The lowest BCUT2D eigenvalue weighted by Gasteiger charge is -1.98. The normalized spacial score (nSPS) is 24.1. The van der Waals surface area contributed by atoms with Crippen LogP contribution in [0.1, 0.15) is 51.9 Å². The van der Waals surface area contributed by atoms with Crippen molar-refractivity contribution in [3.05, 3.63) is 24.3 Å². The van der Waals surface area contributed by atoms with Gasteiger partial charge in [0.1, 0.15) is 0 Å². The summed E-state index contributed by atoms with van der Waals surface area (Å²) in [4.78, 5) is 10.4. The molecule has 1 fully saturated rings. The van der Waals surface area contributed by atoms with Gasteiger partial charge in [0, 0.05) is 6.42 Å². The molecule has 0 radical (unpaired) electrons. The van der Waals surface area contributed by atoms with E-state index in [1.165, 1.54) is 19.3 Å². The third-order valence-electron chi connectivity index (χ3n) is 3.63. The van der Waals surface area contributed by atoms with E-state index in [1.54, 1.807) is 13.0 Å². The average Bonchev–Trinajstić information content (AvgIpc) is 3.07. The number of allylic oxidation sites excluding steroid dienone is 3. The molecular weight excluding hydrogens is 240 g/mol. The molecule has 0 amide bonds. The van der Waals surface area contributed by atoms with Crippen molar-refractivity contribution in [2.24, 2.45) is 11.8 Å². The molecular formula is C16H26O3. The molecule has 0 aliphatic heterocycles. The predicted molar refractivity (Wildman–Crippen MR) is 76.9 cm³/mol. The van der Waals surface area contributed by atoms with Crippen molar-refractivity contribution in [2.45, 2.75) is 58.0 Å². The second kappa shape index (κ2) is 8.92. The molecule has 0 heterocycles. The van der Waals surface area contributed by atoms with E-state index in [2.05, 4.69) is 6.08 Å². The summed E-state index contributed by atoms with van der Waals surface area (Å²) >= 11 is 0. The standard InChI is InChI=1S/C16H26O3/c1-13(17)8-4-2-3-5-9-14-12-15(14)10-6-7-11-16(18)19/h2-4,8,13-15,17H,5-7,9-12H2,1H3,(H,18,19)/b3-2-,8-4+/t13?,14-,15+/m0/s1. The number of unbranched alkanes of at least 4 members (excludes halogenated alkanes) is 1. The van der Waals surface area contributed by atoms with Gasteiger partial charge < -0.3 is 10.2 Å². The van der Waals surface area contributed by atoms with Gasteiger partial charge in [-0.2, -0.15) is 0 Å². The van der Waals surface area contributed by atoms with Gasteiger partial charge in [0.05, 0.1) is 6.10 Å².